The molecule has 0 unspecified atom stereocenters. The summed E-state index contributed by atoms with van der Waals surface area (Å²) in [6.45, 7) is 0.139. The van der Waals surface area contributed by atoms with Crippen LogP contribution in [0, 0.1) is 0 Å². The van der Waals surface area contributed by atoms with Gasteiger partial charge in [0.1, 0.15) is 12.4 Å². The van der Waals surface area contributed by atoms with Crippen LogP contribution in [0.5, 0.6) is 0 Å². The smallest absolute Gasteiger partial charge is 0.417 e. The van der Waals surface area contributed by atoms with E-state index in [-0.39, 0.29) is 16.8 Å². The molecule has 0 spiro atoms. The Morgan fingerprint density at radius 3 is 2.62 bits per heavy atom. The third kappa shape index (κ3) is 3.54. The second kappa shape index (κ2) is 6.03. The van der Waals surface area contributed by atoms with Crippen molar-refractivity contribution >= 4 is 21.7 Å². The molecule has 0 radical (unpaired) electrons. The predicted molar refractivity (Wildman–Crippen MR) is 72.0 cm³/mol. The summed E-state index contributed by atoms with van der Waals surface area (Å²) < 4.78 is 49.3. The average Bonchev–Trinajstić information content (AvgIpc) is 2.86. The van der Waals surface area contributed by atoms with Crippen molar-refractivity contribution in [3.8, 4) is 0 Å². The molecule has 1 aromatic carbocycles. The number of alkyl halides is 3. The highest BCUT2D eigenvalue weighted by molar-refractivity contribution is 9.10. The highest BCUT2D eigenvalue weighted by Gasteiger charge is 2.36. The Balaban J connectivity index is 2.43. The molecular weight excluding hydrogens is 353 g/mol. The molecule has 0 saturated heterocycles. The first-order chi connectivity index (χ1) is 9.82. The Kier molecular flexibility index (Phi) is 4.53. The molecule has 21 heavy (non-hydrogen) atoms. The van der Waals surface area contributed by atoms with Crippen molar-refractivity contribution in [1.82, 2.24) is 0 Å². The summed E-state index contributed by atoms with van der Waals surface area (Å²) in [5.41, 5.74) is -1.46. The number of methoxy groups -OCH3 is 1. The molecule has 0 aliphatic rings. The van der Waals surface area contributed by atoms with E-state index in [4.69, 9.17) is 9.15 Å². The standard InChI is InChI=1S/C14H10BrF3O3/c1-20-7-9-3-5-12(21-9)13(19)10-4-2-8(15)6-11(10)14(16,17)18/h2-6H,7H2,1H3. The lowest BCUT2D eigenvalue weighted by Crippen LogP contribution is -2.13. The van der Waals surface area contributed by atoms with Gasteiger partial charge in [0.2, 0.25) is 5.78 Å². The van der Waals surface area contributed by atoms with E-state index in [1.165, 1.54) is 25.3 Å². The van der Waals surface area contributed by atoms with E-state index in [1.54, 1.807) is 0 Å². The van der Waals surface area contributed by atoms with Gasteiger partial charge in [-0.1, -0.05) is 15.9 Å². The van der Waals surface area contributed by atoms with Crippen LogP contribution in [-0.2, 0) is 17.5 Å². The van der Waals surface area contributed by atoms with Crippen molar-refractivity contribution < 1.29 is 27.1 Å². The van der Waals surface area contributed by atoms with Crippen molar-refractivity contribution in [3.05, 3.63) is 57.5 Å². The highest BCUT2D eigenvalue weighted by atomic mass is 79.9. The predicted octanol–water partition coefficient (Wildman–Crippen LogP) is 4.44. The Morgan fingerprint density at radius 2 is 2.00 bits per heavy atom. The zero-order chi connectivity index (χ0) is 15.6. The van der Waals surface area contributed by atoms with Crippen molar-refractivity contribution in [2.75, 3.05) is 7.11 Å². The number of carbonyl (C=O) groups excluding carboxylic acids is 1. The first-order valence-electron chi connectivity index (χ1n) is 5.82. The number of rotatable bonds is 4. The van der Waals surface area contributed by atoms with E-state index in [2.05, 4.69) is 15.9 Å². The van der Waals surface area contributed by atoms with Gasteiger partial charge in [-0.2, -0.15) is 13.2 Å². The number of ether oxygens (including phenoxy) is 1. The van der Waals surface area contributed by atoms with Gasteiger partial charge >= 0.3 is 6.18 Å². The van der Waals surface area contributed by atoms with Gasteiger partial charge in [-0.3, -0.25) is 4.79 Å². The van der Waals surface area contributed by atoms with Crippen molar-refractivity contribution in [3.63, 3.8) is 0 Å². The third-order valence-electron chi connectivity index (χ3n) is 2.70. The molecule has 7 heteroatoms. The van der Waals surface area contributed by atoms with Gasteiger partial charge in [0.25, 0.3) is 0 Å². The summed E-state index contributed by atoms with van der Waals surface area (Å²) in [5.74, 6) is -0.612. The first-order valence-corrected chi connectivity index (χ1v) is 6.61. The maximum Gasteiger partial charge on any atom is 0.417 e. The summed E-state index contributed by atoms with van der Waals surface area (Å²) in [6.07, 6.45) is -4.63. The number of carbonyl (C=O) groups is 1. The zero-order valence-corrected chi connectivity index (χ0v) is 12.4. The second-order valence-electron chi connectivity index (χ2n) is 4.22. The lowest BCUT2D eigenvalue weighted by Gasteiger charge is -2.11. The molecular formula is C14H10BrF3O3. The Labute approximate surface area is 126 Å². The largest absolute Gasteiger partial charge is 0.455 e. The SMILES string of the molecule is COCc1ccc(C(=O)c2ccc(Br)cc2C(F)(F)F)o1. The van der Waals surface area contributed by atoms with E-state index in [9.17, 15) is 18.0 Å². The van der Waals surface area contributed by atoms with Crippen molar-refractivity contribution in [2.24, 2.45) is 0 Å². The van der Waals surface area contributed by atoms with E-state index in [1.807, 2.05) is 0 Å². The summed E-state index contributed by atoms with van der Waals surface area (Å²) in [7, 11) is 1.44. The number of halogens is 4. The molecule has 0 aliphatic carbocycles. The fourth-order valence-electron chi connectivity index (χ4n) is 1.80. The molecule has 112 valence electrons. The van der Waals surface area contributed by atoms with Crippen LogP contribution in [0.25, 0.3) is 0 Å². The normalized spacial score (nSPS) is 11.7. The Morgan fingerprint density at radius 1 is 1.29 bits per heavy atom. The van der Waals surface area contributed by atoms with Crippen LogP contribution in [0.15, 0.2) is 39.2 Å². The minimum absolute atomic E-state index is 0.139. The average molecular weight is 363 g/mol. The molecule has 0 aliphatic heterocycles. The summed E-state index contributed by atoms with van der Waals surface area (Å²) in [6, 6.07) is 6.18. The third-order valence-corrected chi connectivity index (χ3v) is 3.20. The minimum atomic E-state index is -4.63. The molecule has 2 rings (SSSR count). The summed E-state index contributed by atoms with van der Waals surface area (Å²) in [5, 5.41) is 0. The molecule has 0 saturated carbocycles. The van der Waals surface area contributed by atoms with Gasteiger partial charge in [0, 0.05) is 17.1 Å². The van der Waals surface area contributed by atoms with E-state index in [0.717, 1.165) is 12.1 Å². The lowest BCUT2D eigenvalue weighted by atomic mass is 10.0. The number of ketones is 1. The molecule has 0 atom stereocenters. The van der Waals surface area contributed by atoms with Crippen LogP contribution in [0.4, 0.5) is 13.2 Å². The molecule has 0 fully saturated rings. The molecule has 0 bridgehead atoms. The van der Waals surface area contributed by atoms with Crippen LogP contribution >= 0.6 is 15.9 Å². The fraction of sp³-hybridized carbons (Fsp3) is 0.214. The molecule has 1 aromatic heterocycles. The molecule has 1 heterocycles. The first kappa shape index (κ1) is 15.8. The van der Waals surface area contributed by atoms with E-state index < -0.39 is 23.1 Å². The van der Waals surface area contributed by atoms with Crippen LogP contribution in [0.1, 0.15) is 27.4 Å². The monoisotopic (exact) mass is 362 g/mol. The summed E-state index contributed by atoms with van der Waals surface area (Å²) >= 11 is 2.97. The van der Waals surface area contributed by atoms with Gasteiger partial charge in [0.15, 0.2) is 5.76 Å². The van der Waals surface area contributed by atoms with Gasteiger partial charge in [-0.25, -0.2) is 0 Å². The second-order valence-corrected chi connectivity index (χ2v) is 5.13. The molecule has 0 amide bonds. The van der Waals surface area contributed by atoms with Crippen molar-refractivity contribution in [1.29, 1.82) is 0 Å². The minimum Gasteiger partial charge on any atom is -0.455 e. The topological polar surface area (TPSA) is 39.4 Å². The van der Waals surface area contributed by atoms with Crippen LogP contribution < -0.4 is 0 Å². The summed E-state index contributed by atoms with van der Waals surface area (Å²) in [4.78, 5) is 12.2. The number of benzene rings is 1. The maximum absolute atomic E-state index is 13.0. The molecule has 0 N–H and O–H groups in total. The van der Waals surface area contributed by atoms with Gasteiger partial charge in [-0.15, -0.1) is 0 Å². The quantitative estimate of drug-likeness (QED) is 0.754. The van der Waals surface area contributed by atoms with E-state index >= 15 is 0 Å². The fourth-order valence-corrected chi connectivity index (χ4v) is 2.16. The van der Waals surface area contributed by atoms with Gasteiger partial charge < -0.3 is 9.15 Å². The van der Waals surface area contributed by atoms with Crippen LogP contribution in [0.2, 0.25) is 0 Å². The van der Waals surface area contributed by atoms with Gasteiger partial charge in [0.05, 0.1) is 5.56 Å². The molecule has 2 aromatic rings. The van der Waals surface area contributed by atoms with E-state index in [0.29, 0.717) is 5.76 Å². The number of hydrogen-bond acceptors (Lipinski definition) is 3. The maximum atomic E-state index is 13.0. The zero-order valence-electron chi connectivity index (χ0n) is 10.8. The van der Waals surface area contributed by atoms with Crippen LogP contribution in [0.3, 0.4) is 0 Å². The highest BCUT2D eigenvalue weighted by Crippen LogP contribution is 2.35. The molecule has 3 nitrogen and oxygen atoms in total. The number of furan rings is 1. The van der Waals surface area contributed by atoms with Gasteiger partial charge in [-0.05, 0) is 30.3 Å². The van der Waals surface area contributed by atoms with Crippen LogP contribution in [-0.4, -0.2) is 12.9 Å². The Hall–Kier alpha value is -1.60. The number of hydrogen-bond donors (Lipinski definition) is 0. The lowest BCUT2D eigenvalue weighted by molar-refractivity contribution is -0.137. The Bertz CT molecular complexity index is 662. The van der Waals surface area contributed by atoms with Crippen molar-refractivity contribution in [2.45, 2.75) is 12.8 Å².